The number of likely N-dealkylation sites (N-methyl/N-ethyl adjacent to an activating group) is 1. The van der Waals surface area contributed by atoms with Gasteiger partial charge in [-0.1, -0.05) is 13.8 Å². The predicted molar refractivity (Wildman–Crippen MR) is 71.0 cm³/mol. The van der Waals surface area contributed by atoms with E-state index in [2.05, 4.69) is 16.0 Å². The zero-order chi connectivity index (χ0) is 13.7. The molecule has 1 rings (SSSR count). The number of rotatable bonds is 5. The van der Waals surface area contributed by atoms with E-state index in [1.807, 2.05) is 20.8 Å². The van der Waals surface area contributed by atoms with Crippen LogP contribution in [-0.2, 0) is 9.59 Å². The summed E-state index contributed by atoms with van der Waals surface area (Å²) in [6, 6.07) is -0.453. The summed E-state index contributed by atoms with van der Waals surface area (Å²) in [5, 5.41) is 8.50. The Kier molecular flexibility index (Phi) is 5.34. The van der Waals surface area contributed by atoms with E-state index >= 15 is 0 Å². The lowest BCUT2D eigenvalue weighted by Crippen LogP contribution is -2.47. The lowest BCUT2D eigenvalue weighted by atomic mass is 10.0. The molecule has 0 aromatic heterocycles. The smallest absolute Gasteiger partial charge is 0.247 e. The molecule has 0 radical (unpaired) electrons. The molecule has 18 heavy (non-hydrogen) atoms. The molecule has 0 aromatic rings. The molecule has 1 fully saturated rings. The lowest BCUT2D eigenvalue weighted by Gasteiger charge is -2.24. The van der Waals surface area contributed by atoms with Crippen LogP contribution >= 0.6 is 0 Å². The highest BCUT2D eigenvalue weighted by Crippen LogP contribution is 2.10. The molecule has 102 valence electrons. The summed E-state index contributed by atoms with van der Waals surface area (Å²) in [5.41, 5.74) is 1.85. The molecule has 1 saturated heterocycles. The maximum absolute atomic E-state index is 12.0. The highest BCUT2D eigenvalue weighted by atomic mass is 16.2. The maximum Gasteiger partial charge on any atom is 0.247 e. The van der Waals surface area contributed by atoms with Crippen LogP contribution in [0.25, 0.3) is 0 Å². The summed E-state index contributed by atoms with van der Waals surface area (Å²) in [7, 11) is 1.59. The Labute approximate surface area is 108 Å². The summed E-state index contributed by atoms with van der Waals surface area (Å²) in [6.07, 6.45) is 0.645. The molecule has 3 N–H and O–H groups in total. The van der Waals surface area contributed by atoms with Gasteiger partial charge < -0.3 is 16.0 Å². The summed E-state index contributed by atoms with van der Waals surface area (Å²) < 4.78 is 0. The van der Waals surface area contributed by atoms with Crippen LogP contribution in [-0.4, -0.2) is 38.0 Å². The van der Waals surface area contributed by atoms with E-state index < -0.39 is 6.04 Å². The minimum absolute atomic E-state index is 0.137. The predicted octanol–water partition coefficient (Wildman–Crippen LogP) is 0.183. The molecule has 5 nitrogen and oxygen atoms in total. The van der Waals surface area contributed by atoms with Gasteiger partial charge in [0.2, 0.25) is 11.8 Å². The monoisotopic (exact) mass is 253 g/mol. The van der Waals surface area contributed by atoms with Gasteiger partial charge in [0, 0.05) is 25.7 Å². The minimum Gasteiger partial charge on any atom is -0.357 e. The van der Waals surface area contributed by atoms with Crippen molar-refractivity contribution in [2.75, 3.05) is 20.1 Å². The summed E-state index contributed by atoms with van der Waals surface area (Å²) in [6.45, 7) is 7.41. The first-order chi connectivity index (χ1) is 8.45. The second-order valence-electron chi connectivity index (χ2n) is 5.10. The van der Waals surface area contributed by atoms with E-state index in [1.165, 1.54) is 0 Å². The van der Waals surface area contributed by atoms with Crippen LogP contribution in [0.4, 0.5) is 0 Å². The first kappa shape index (κ1) is 14.7. The zero-order valence-corrected chi connectivity index (χ0v) is 11.6. The molecular weight excluding hydrogens is 230 g/mol. The van der Waals surface area contributed by atoms with Gasteiger partial charge in [-0.3, -0.25) is 9.59 Å². The van der Waals surface area contributed by atoms with Crippen molar-refractivity contribution in [1.82, 2.24) is 16.0 Å². The fraction of sp³-hybridized carbons (Fsp3) is 0.692. The largest absolute Gasteiger partial charge is 0.357 e. The van der Waals surface area contributed by atoms with Crippen LogP contribution < -0.4 is 16.0 Å². The van der Waals surface area contributed by atoms with Crippen LogP contribution in [0.2, 0.25) is 0 Å². The molecule has 0 bridgehead atoms. The zero-order valence-electron chi connectivity index (χ0n) is 11.6. The molecule has 1 aliphatic heterocycles. The Bertz CT molecular complexity index is 355. The maximum atomic E-state index is 12.0. The van der Waals surface area contributed by atoms with Gasteiger partial charge in [-0.25, -0.2) is 0 Å². The second-order valence-corrected chi connectivity index (χ2v) is 5.10. The van der Waals surface area contributed by atoms with Gasteiger partial charge in [0.05, 0.1) is 0 Å². The topological polar surface area (TPSA) is 70.2 Å². The minimum atomic E-state index is -0.453. The van der Waals surface area contributed by atoms with Crippen molar-refractivity contribution in [2.45, 2.75) is 33.2 Å². The van der Waals surface area contributed by atoms with Crippen molar-refractivity contribution in [3.8, 4) is 0 Å². The Morgan fingerprint density at radius 1 is 1.33 bits per heavy atom. The van der Waals surface area contributed by atoms with E-state index in [0.717, 1.165) is 24.2 Å². The van der Waals surface area contributed by atoms with Crippen molar-refractivity contribution in [3.05, 3.63) is 11.1 Å². The number of carbonyl (C=O) groups excluding carboxylic acids is 2. The average molecular weight is 253 g/mol. The normalized spacial score (nSPS) is 15.9. The summed E-state index contributed by atoms with van der Waals surface area (Å²) in [5.74, 6) is 0.0771. The van der Waals surface area contributed by atoms with Gasteiger partial charge >= 0.3 is 0 Å². The van der Waals surface area contributed by atoms with Crippen LogP contribution in [0.15, 0.2) is 11.1 Å². The lowest BCUT2D eigenvalue weighted by molar-refractivity contribution is -0.127. The van der Waals surface area contributed by atoms with E-state index in [-0.39, 0.29) is 11.8 Å². The molecule has 0 spiro atoms. The number of hydrogen-bond acceptors (Lipinski definition) is 3. The number of amides is 2. The molecule has 1 atom stereocenters. The van der Waals surface area contributed by atoms with Gasteiger partial charge in [-0.05, 0) is 24.8 Å². The van der Waals surface area contributed by atoms with Gasteiger partial charge in [0.25, 0.3) is 0 Å². The molecule has 0 saturated carbocycles. The van der Waals surface area contributed by atoms with E-state index in [4.69, 9.17) is 0 Å². The second kappa shape index (κ2) is 6.54. The Morgan fingerprint density at radius 3 is 2.33 bits per heavy atom. The first-order valence-electron chi connectivity index (χ1n) is 6.37. The molecule has 0 aromatic carbocycles. The van der Waals surface area contributed by atoms with E-state index in [0.29, 0.717) is 12.3 Å². The molecule has 1 unspecified atom stereocenters. The number of nitrogens with one attached hydrogen (secondary N) is 3. The number of carbonyl (C=O) groups is 2. The Balaban J connectivity index is 2.65. The molecule has 1 heterocycles. The van der Waals surface area contributed by atoms with Crippen molar-refractivity contribution >= 4 is 11.8 Å². The SMILES string of the molecule is CNC(=O)C(CC(C)C)NC(=O)C(C)=C1CNC1. The van der Waals surface area contributed by atoms with Crippen LogP contribution in [0.1, 0.15) is 27.2 Å². The summed E-state index contributed by atoms with van der Waals surface area (Å²) >= 11 is 0. The van der Waals surface area contributed by atoms with E-state index in [9.17, 15) is 9.59 Å². The third kappa shape index (κ3) is 3.84. The first-order valence-corrected chi connectivity index (χ1v) is 6.37. The number of hydrogen-bond donors (Lipinski definition) is 3. The Morgan fingerprint density at radius 2 is 1.94 bits per heavy atom. The van der Waals surface area contributed by atoms with Crippen LogP contribution in [0.3, 0.4) is 0 Å². The van der Waals surface area contributed by atoms with Gasteiger partial charge in [0.15, 0.2) is 0 Å². The third-order valence-corrected chi connectivity index (χ3v) is 3.12. The molecule has 5 heteroatoms. The fourth-order valence-electron chi connectivity index (χ4n) is 1.82. The quantitative estimate of drug-likeness (QED) is 0.612. The highest BCUT2D eigenvalue weighted by Gasteiger charge is 2.23. The standard InChI is InChI=1S/C13H23N3O2/c1-8(2)5-11(13(18)14-4)16-12(17)9(3)10-6-15-7-10/h8,11,15H,5-7H2,1-4H3,(H,14,18)(H,16,17). The van der Waals surface area contributed by atoms with Crippen LogP contribution in [0.5, 0.6) is 0 Å². The van der Waals surface area contributed by atoms with Crippen molar-refractivity contribution in [2.24, 2.45) is 5.92 Å². The average Bonchev–Trinajstić information content (AvgIpc) is 2.23. The van der Waals surface area contributed by atoms with Crippen molar-refractivity contribution in [1.29, 1.82) is 0 Å². The van der Waals surface area contributed by atoms with Gasteiger partial charge in [0.1, 0.15) is 6.04 Å². The Hall–Kier alpha value is -1.36. The van der Waals surface area contributed by atoms with Gasteiger partial charge in [-0.15, -0.1) is 0 Å². The van der Waals surface area contributed by atoms with Crippen molar-refractivity contribution in [3.63, 3.8) is 0 Å². The molecule has 1 aliphatic rings. The fourth-order valence-corrected chi connectivity index (χ4v) is 1.82. The molecule has 2 amide bonds. The van der Waals surface area contributed by atoms with Crippen molar-refractivity contribution < 1.29 is 9.59 Å². The summed E-state index contributed by atoms with van der Waals surface area (Å²) in [4.78, 5) is 23.7. The highest BCUT2D eigenvalue weighted by molar-refractivity contribution is 5.97. The van der Waals surface area contributed by atoms with Gasteiger partial charge in [-0.2, -0.15) is 0 Å². The molecule has 0 aliphatic carbocycles. The third-order valence-electron chi connectivity index (χ3n) is 3.12. The van der Waals surface area contributed by atoms with E-state index in [1.54, 1.807) is 7.05 Å². The molecular formula is C13H23N3O2. The van der Waals surface area contributed by atoms with Crippen LogP contribution in [0, 0.1) is 5.92 Å².